The van der Waals surface area contributed by atoms with E-state index in [1.807, 2.05) is 6.07 Å². The lowest BCUT2D eigenvalue weighted by atomic mass is 10.0. The van der Waals surface area contributed by atoms with Gasteiger partial charge in [0.05, 0.1) is 0 Å². The Kier molecular flexibility index (Phi) is 5.40. The van der Waals surface area contributed by atoms with Crippen LogP contribution in [0.1, 0.15) is 35.7 Å². The van der Waals surface area contributed by atoms with Gasteiger partial charge in [-0.05, 0) is 43.6 Å². The van der Waals surface area contributed by atoms with Gasteiger partial charge in [-0.1, -0.05) is 24.6 Å². The van der Waals surface area contributed by atoms with E-state index in [2.05, 4.69) is 17.1 Å². The average Bonchev–Trinajstić information content (AvgIpc) is 2.46. The third-order valence-electron chi connectivity index (χ3n) is 3.90. The quantitative estimate of drug-likeness (QED) is 0.874. The van der Waals surface area contributed by atoms with E-state index < -0.39 is 5.91 Å². The fourth-order valence-electron chi connectivity index (χ4n) is 2.69. The number of rotatable bonds is 5. The molecular weight excluding hydrogens is 274 g/mol. The van der Waals surface area contributed by atoms with Crippen molar-refractivity contribution in [3.63, 3.8) is 0 Å². The second-order valence-corrected chi connectivity index (χ2v) is 5.64. The van der Waals surface area contributed by atoms with Gasteiger partial charge in [-0.3, -0.25) is 9.69 Å². The van der Waals surface area contributed by atoms with Crippen LogP contribution >= 0.6 is 11.6 Å². The summed E-state index contributed by atoms with van der Waals surface area (Å²) >= 11 is 6.26. The van der Waals surface area contributed by atoms with Crippen molar-refractivity contribution in [2.45, 2.75) is 32.4 Å². The number of nitrogens with one attached hydrogen (secondary N) is 1. The number of halogens is 1. The molecule has 1 saturated heterocycles. The first-order chi connectivity index (χ1) is 9.61. The van der Waals surface area contributed by atoms with Crippen molar-refractivity contribution in [2.75, 3.05) is 19.6 Å². The molecule has 0 saturated carbocycles. The van der Waals surface area contributed by atoms with E-state index in [4.69, 9.17) is 17.3 Å². The average molecular weight is 296 g/mol. The molecule has 0 aromatic heterocycles. The van der Waals surface area contributed by atoms with E-state index in [0.29, 0.717) is 16.6 Å². The Labute approximate surface area is 125 Å². The summed E-state index contributed by atoms with van der Waals surface area (Å²) in [5, 5.41) is 4.05. The van der Waals surface area contributed by atoms with Gasteiger partial charge in [0.1, 0.15) is 0 Å². The van der Waals surface area contributed by atoms with Crippen molar-refractivity contribution in [3.8, 4) is 0 Å². The molecule has 110 valence electrons. The van der Waals surface area contributed by atoms with E-state index in [9.17, 15) is 4.79 Å². The van der Waals surface area contributed by atoms with Crippen LogP contribution in [-0.2, 0) is 6.54 Å². The van der Waals surface area contributed by atoms with Crippen molar-refractivity contribution in [1.29, 1.82) is 0 Å². The van der Waals surface area contributed by atoms with E-state index in [1.54, 1.807) is 12.1 Å². The lowest BCUT2D eigenvalue weighted by molar-refractivity contribution is 0.1000. The van der Waals surface area contributed by atoms with E-state index in [0.717, 1.165) is 31.7 Å². The molecule has 1 amide bonds. The fraction of sp³-hybridized carbons (Fsp3) is 0.533. The first-order valence-electron chi connectivity index (χ1n) is 7.14. The van der Waals surface area contributed by atoms with Gasteiger partial charge in [0.25, 0.3) is 0 Å². The maximum atomic E-state index is 11.1. The zero-order chi connectivity index (χ0) is 14.5. The Morgan fingerprint density at radius 3 is 2.90 bits per heavy atom. The van der Waals surface area contributed by atoms with E-state index in [-0.39, 0.29) is 0 Å². The van der Waals surface area contributed by atoms with Crippen molar-refractivity contribution in [1.82, 2.24) is 10.2 Å². The summed E-state index contributed by atoms with van der Waals surface area (Å²) < 4.78 is 0. The molecule has 0 spiro atoms. The molecule has 4 nitrogen and oxygen atoms in total. The second kappa shape index (κ2) is 7.07. The number of amides is 1. The van der Waals surface area contributed by atoms with Crippen LogP contribution in [0.5, 0.6) is 0 Å². The largest absolute Gasteiger partial charge is 0.366 e. The molecule has 5 heteroatoms. The number of primary amides is 1. The third kappa shape index (κ3) is 3.72. The predicted molar refractivity (Wildman–Crippen MR) is 81.9 cm³/mol. The predicted octanol–water partition coefficient (Wildman–Crippen LogP) is 2.01. The lowest BCUT2D eigenvalue weighted by Crippen LogP contribution is -2.45. The summed E-state index contributed by atoms with van der Waals surface area (Å²) in [7, 11) is 0. The van der Waals surface area contributed by atoms with Crippen LogP contribution in [0.15, 0.2) is 18.2 Å². The first-order valence-corrected chi connectivity index (χ1v) is 7.52. The minimum Gasteiger partial charge on any atom is -0.366 e. The van der Waals surface area contributed by atoms with Crippen molar-refractivity contribution in [2.24, 2.45) is 5.73 Å². The number of carbonyl (C=O) groups excluding carboxylic acids is 1. The summed E-state index contributed by atoms with van der Waals surface area (Å²) in [5.74, 6) is -0.442. The topological polar surface area (TPSA) is 58.4 Å². The summed E-state index contributed by atoms with van der Waals surface area (Å²) in [6.45, 7) is 6.11. The summed E-state index contributed by atoms with van der Waals surface area (Å²) in [4.78, 5) is 13.6. The molecule has 1 unspecified atom stereocenters. The molecule has 1 aromatic carbocycles. The lowest BCUT2D eigenvalue weighted by Gasteiger charge is -2.34. The molecule has 0 bridgehead atoms. The normalized spacial score (nSPS) is 19.2. The summed E-state index contributed by atoms with van der Waals surface area (Å²) in [6, 6.07) is 5.87. The highest BCUT2D eigenvalue weighted by Crippen LogP contribution is 2.21. The molecule has 1 atom stereocenters. The summed E-state index contributed by atoms with van der Waals surface area (Å²) in [6.07, 6.45) is 2.44. The van der Waals surface area contributed by atoms with Crippen molar-refractivity contribution in [3.05, 3.63) is 34.3 Å². The van der Waals surface area contributed by atoms with Gasteiger partial charge in [0, 0.05) is 29.7 Å². The molecule has 0 aliphatic carbocycles. The van der Waals surface area contributed by atoms with Gasteiger partial charge < -0.3 is 11.1 Å². The van der Waals surface area contributed by atoms with Crippen LogP contribution in [0.3, 0.4) is 0 Å². The van der Waals surface area contributed by atoms with Crippen molar-refractivity contribution < 1.29 is 4.79 Å². The molecule has 1 aliphatic rings. The molecule has 0 radical (unpaired) electrons. The third-order valence-corrected chi connectivity index (χ3v) is 4.26. The molecule has 2 rings (SSSR count). The number of hydrogen-bond acceptors (Lipinski definition) is 3. The number of nitrogens with zero attached hydrogens (tertiary/aromatic N) is 1. The van der Waals surface area contributed by atoms with Crippen molar-refractivity contribution >= 4 is 17.5 Å². The Balaban J connectivity index is 2.08. The van der Waals surface area contributed by atoms with Gasteiger partial charge in [0.2, 0.25) is 5.91 Å². The SMILES string of the molecule is CCN(Cc1ccc(C(N)=O)cc1Cl)C1CCCNC1. The van der Waals surface area contributed by atoms with Crippen LogP contribution in [-0.4, -0.2) is 36.5 Å². The van der Waals surface area contributed by atoms with Gasteiger partial charge >= 0.3 is 0 Å². The number of likely N-dealkylation sites (N-methyl/N-ethyl adjacent to an activating group) is 1. The van der Waals surface area contributed by atoms with Crippen LogP contribution in [0, 0.1) is 0 Å². The number of carbonyl (C=O) groups is 1. The van der Waals surface area contributed by atoms with Gasteiger partial charge in [-0.15, -0.1) is 0 Å². The van der Waals surface area contributed by atoms with Gasteiger partial charge in [-0.2, -0.15) is 0 Å². The molecule has 1 fully saturated rings. The van der Waals surface area contributed by atoms with E-state index >= 15 is 0 Å². The van der Waals surface area contributed by atoms with Gasteiger partial charge in [-0.25, -0.2) is 0 Å². The monoisotopic (exact) mass is 295 g/mol. The van der Waals surface area contributed by atoms with Gasteiger partial charge in [0.15, 0.2) is 0 Å². The maximum Gasteiger partial charge on any atom is 0.248 e. The number of benzene rings is 1. The minimum absolute atomic E-state index is 0.442. The second-order valence-electron chi connectivity index (χ2n) is 5.23. The van der Waals surface area contributed by atoms with Crippen LogP contribution in [0.25, 0.3) is 0 Å². The standard InChI is InChI=1S/C15H22ClN3O/c1-2-19(13-4-3-7-18-9-13)10-12-6-5-11(15(17)20)8-14(12)16/h5-6,8,13,18H,2-4,7,9-10H2,1H3,(H2,17,20). The fourth-order valence-corrected chi connectivity index (χ4v) is 2.93. The Morgan fingerprint density at radius 2 is 2.35 bits per heavy atom. The number of piperidine rings is 1. The van der Waals surface area contributed by atoms with Crippen LogP contribution < -0.4 is 11.1 Å². The highest BCUT2D eigenvalue weighted by molar-refractivity contribution is 6.31. The zero-order valence-corrected chi connectivity index (χ0v) is 12.6. The van der Waals surface area contributed by atoms with Crippen LogP contribution in [0.2, 0.25) is 5.02 Å². The summed E-state index contributed by atoms with van der Waals surface area (Å²) in [5.41, 5.74) is 6.77. The molecule has 1 aromatic rings. The Hall–Kier alpha value is -1.10. The molecular formula is C15H22ClN3O. The first kappa shape index (κ1) is 15.3. The molecule has 1 aliphatic heterocycles. The smallest absolute Gasteiger partial charge is 0.248 e. The molecule has 1 heterocycles. The Morgan fingerprint density at radius 1 is 1.55 bits per heavy atom. The maximum absolute atomic E-state index is 11.1. The minimum atomic E-state index is -0.442. The number of hydrogen-bond donors (Lipinski definition) is 2. The van der Waals surface area contributed by atoms with Crippen LogP contribution in [0.4, 0.5) is 0 Å². The molecule has 20 heavy (non-hydrogen) atoms. The Bertz CT molecular complexity index is 472. The molecule has 3 N–H and O–H groups in total. The zero-order valence-electron chi connectivity index (χ0n) is 11.9. The highest BCUT2D eigenvalue weighted by Gasteiger charge is 2.20. The van der Waals surface area contributed by atoms with E-state index in [1.165, 1.54) is 12.8 Å². The number of nitrogens with two attached hydrogens (primary N) is 1. The highest BCUT2D eigenvalue weighted by atomic mass is 35.5.